The maximum Gasteiger partial charge on any atom is 0.404 e. The van der Waals surface area contributed by atoms with Gasteiger partial charge >= 0.3 is 6.09 Å². The Labute approximate surface area is 139 Å². The molecule has 0 fully saturated rings. The maximum atomic E-state index is 14.8. The van der Waals surface area contributed by atoms with Gasteiger partial charge in [-0.2, -0.15) is 5.26 Å². The largest absolute Gasteiger partial charge is 0.465 e. The minimum absolute atomic E-state index is 0.126. The highest BCUT2D eigenvalue weighted by molar-refractivity contribution is 5.67. The first-order valence-corrected chi connectivity index (χ1v) is 7.44. The molecule has 126 valence electrons. The topological polar surface area (TPSA) is 102 Å². The Balaban J connectivity index is 2.36. The van der Waals surface area contributed by atoms with E-state index in [2.05, 4.69) is 15.3 Å². The number of hydrogen-bond acceptors (Lipinski definition) is 3. The number of amides is 1. The summed E-state index contributed by atoms with van der Waals surface area (Å²) in [5.74, 6) is -0.499. The van der Waals surface area contributed by atoms with Crippen molar-refractivity contribution in [1.29, 1.82) is 5.26 Å². The molecule has 1 amide bonds. The fourth-order valence-electron chi connectivity index (χ4n) is 2.43. The van der Waals surface area contributed by atoms with Crippen molar-refractivity contribution in [3.05, 3.63) is 41.6 Å². The summed E-state index contributed by atoms with van der Waals surface area (Å²) in [5, 5.41) is 20.5. The predicted molar refractivity (Wildman–Crippen MR) is 86.8 cm³/mol. The van der Waals surface area contributed by atoms with Crippen molar-refractivity contribution in [2.45, 2.75) is 33.2 Å². The van der Waals surface area contributed by atoms with Crippen LogP contribution in [0.2, 0.25) is 0 Å². The van der Waals surface area contributed by atoms with E-state index in [0.29, 0.717) is 11.1 Å². The molecule has 0 saturated carbocycles. The predicted octanol–water partition coefficient (Wildman–Crippen LogP) is 3.31. The molecule has 2 rings (SSSR count). The number of carboxylic acid groups (broad SMARTS) is 1. The fraction of sp³-hybridized carbons (Fsp3) is 0.353. The summed E-state index contributed by atoms with van der Waals surface area (Å²) in [6.07, 6.45) is 2.02. The molecule has 0 spiro atoms. The Bertz CT molecular complexity index is 787. The number of aromatic amines is 1. The van der Waals surface area contributed by atoms with Gasteiger partial charge in [0, 0.05) is 29.6 Å². The summed E-state index contributed by atoms with van der Waals surface area (Å²) in [4.78, 5) is 17.7. The molecule has 0 aromatic carbocycles. The second-order valence-electron chi connectivity index (χ2n) is 6.59. The van der Waals surface area contributed by atoms with Crippen LogP contribution in [0.3, 0.4) is 0 Å². The molecule has 0 bridgehead atoms. The molecule has 3 N–H and O–H groups in total. The van der Waals surface area contributed by atoms with Crippen LogP contribution in [0, 0.1) is 22.6 Å². The Hall–Kier alpha value is -2.88. The molecular weight excluding hydrogens is 311 g/mol. The van der Waals surface area contributed by atoms with Crippen LogP contribution in [0.1, 0.15) is 32.0 Å². The second kappa shape index (κ2) is 6.71. The van der Waals surface area contributed by atoms with Gasteiger partial charge < -0.3 is 15.4 Å². The molecule has 1 unspecified atom stereocenters. The van der Waals surface area contributed by atoms with Crippen molar-refractivity contribution in [2.75, 3.05) is 0 Å². The minimum atomic E-state index is -1.15. The zero-order chi connectivity index (χ0) is 17.9. The molecule has 2 aromatic heterocycles. The van der Waals surface area contributed by atoms with Gasteiger partial charge in [-0.1, -0.05) is 20.8 Å². The number of rotatable bonds is 4. The lowest BCUT2D eigenvalue weighted by Gasteiger charge is -2.30. The molecule has 0 aliphatic rings. The minimum Gasteiger partial charge on any atom is -0.465 e. The molecule has 0 aliphatic carbocycles. The number of pyridine rings is 1. The molecule has 24 heavy (non-hydrogen) atoms. The van der Waals surface area contributed by atoms with Crippen LogP contribution in [0.5, 0.6) is 0 Å². The van der Waals surface area contributed by atoms with Crippen LogP contribution >= 0.6 is 0 Å². The molecule has 2 aromatic rings. The van der Waals surface area contributed by atoms with Crippen LogP contribution in [-0.2, 0) is 6.42 Å². The molecule has 0 aliphatic heterocycles. The highest BCUT2D eigenvalue weighted by Gasteiger charge is 2.28. The van der Waals surface area contributed by atoms with E-state index in [0.717, 1.165) is 0 Å². The van der Waals surface area contributed by atoms with Crippen LogP contribution in [-0.4, -0.2) is 27.2 Å². The number of nitrogens with one attached hydrogen (secondary N) is 2. The third-order valence-corrected chi connectivity index (χ3v) is 3.84. The van der Waals surface area contributed by atoms with Crippen molar-refractivity contribution in [1.82, 2.24) is 15.3 Å². The maximum absolute atomic E-state index is 14.8. The first-order valence-electron chi connectivity index (χ1n) is 7.44. The lowest BCUT2D eigenvalue weighted by molar-refractivity contribution is 0.174. The number of nitriles is 1. The molecule has 6 nitrogen and oxygen atoms in total. The number of hydrogen-bond donors (Lipinski definition) is 3. The molecule has 1 atom stereocenters. The van der Waals surface area contributed by atoms with E-state index >= 15 is 0 Å². The van der Waals surface area contributed by atoms with Crippen molar-refractivity contribution in [2.24, 2.45) is 5.41 Å². The van der Waals surface area contributed by atoms with Gasteiger partial charge in [0.1, 0.15) is 11.8 Å². The third kappa shape index (κ3) is 3.71. The second-order valence-corrected chi connectivity index (χ2v) is 6.59. The van der Waals surface area contributed by atoms with Gasteiger partial charge in [-0.05, 0) is 24.0 Å². The molecule has 2 heterocycles. The van der Waals surface area contributed by atoms with Gasteiger partial charge in [-0.25, -0.2) is 14.2 Å². The van der Waals surface area contributed by atoms with E-state index in [-0.39, 0.29) is 23.2 Å². The summed E-state index contributed by atoms with van der Waals surface area (Å²) in [7, 11) is 0. The van der Waals surface area contributed by atoms with E-state index in [1.807, 2.05) is 26.8 Å². The van der Waals surface area contributed by atoms with Crippen molar-refractivity contribution < 1.29 is 14.3 Å². The number of carbonyl (C=O) groups is 1. The van der Waals surface area contributed by atoms with Crippen molar-refractivity contribution >= 4 is 6.09 Å². The summed E-state index contributed by atoms with van der Waals surface area (Å²) in [6.45, 7) is 5.65. The van der Waals surface area contributed by atoms with Gasteiger partial charge in [0.15, 0.2) is 5.82 Å². The van der Waals surface area contributed by atoms with E-state index < -0.39 is 18.0 Å². The zero-order valence-corrected chi connectivity index (χ0v) is 13.7. The van der Waals surface area contributed by atoms with Crippen LogP contribution < -0.4 is 5.32 Å². The van der Waals surface area contributed by atoms with Gasteiger partial charge in [0.2, 0.25) is 0 Å². The number of halogens is 1. The van der Waals surface area contributed by atoms with Gasteiger partial charge in [-0.3, -0.25) is 0 Å². The van der Waals surface area contributed by atoms with E-state index in [4.69, 9.17) is 10.4 Å². The van der Waals surface area contributed by atoms with Gasteiger partial charge in [-0.15, -0.1) is 0 Å². The van der Waals surface area contributed by atoms with Crippen molar-refractivity contribution in [3.63, 3.8) is 0 Å². The summed E-state index contributed by atoms with van der Waals surface area (Å²) >= 11 is 0. The number of nitrogens with zero attached hydrogens (tertiary/aromatic N) is 2. The van der Waals surface area contributed by atoms with Crippen LogP contribution in [0.25, 0.3) is 11.3 Å². The average molecular weight is 330 g/mol. The van der Waals surface area contributed by atoms with Crippen LogP contribution in [0.4, 0.5) is 9.18 Å². The van der Waals surface area contributed by atoms with Gasteiger partial charge in [0.25, 0.3) is 0 Å². The zero-order valence-electron chi connectivity index (χ0n) is 13.7. The average Bonchev–Trinajstić information content (AvgIpc) is 2.86. The third-order valence-electron chi connectivity index (χ3n) is 3.84. The Morgan fingerprint density at radius 1 is 1.54 bits per heavy atom. The quantitative estimate of drug-likeness (QED) is 0.800. The van der Waals surface area contributed by atoms with E-state index in [1.165, 1.54) is 12.4 Å². The van der Waals surface area contributed by atoms with Crippen molar-refractivity contribution in [3.8, 4) is 17.3 Å². The van der Waals surface area contributed by atoms with Gasteiger partial charge in [0.05, 0.1) is 5.69 Å². The molecule has 0 saturated heterocycles. The highest BCUT2D eigenvalue weighted by atomic mass is 19.1. The summed E-state index contributed by atoms with van der Waals surface area (Å²) in [5.41, 5.74) is 0.654. The highest BCUT2D eigenvalue weighted by Crippen LogP contribution is 2.29. The van der Waals surface area contributed by atoms with E-state index in [1.54, 1.807) is 12.1 Å². The smallest absolute Gasteiger partial charge is 0.404 e. The first-order chi connectivity index (χ1) is 11.2. The lowest BCUT2D eigenvalue weighted by atomic mass is 9.83. The molecular formula is C17H19FN4O2. The SMILES string of the molecule is CC(C)(C)C(Cc1c[nH]c(-c2cccnc2C#N)c1F)NC(=O)O. The lowest BCUT2D eigenvalue weighted by Crippen LogP contribution is -2.44. The summed E-state index contributed by atoms with van der Waals surface area (Å²) < 4.78 is 14.8. The molecule has 0 radical (unpaired) electrons. The van der Waals surface area contributed by atoms with Crippen LogP contribution in [0.15, 0.2) is 24.5 Å². The fourth-order valence-corrected chi connectivity index (χ4v) is 2.43. The summed E-state index contributed by atoms with van der Waals surface area (Å²) in [6, 6.07) is 4.71. The molecule has 7 heteroatoms. The normalized spacial score (nSPS) is 12.5. The first kappa shape index (κ1) is 17.5. The van der Waals surface area contributed by atoms with E-state index in [9.17, 15) is 9.18 Å². The monoisotopic (exact) mass is 330 g/mol. The Kier molecular flexibility index (Phi) is 4.88. The standard InChI is InChI=1S/C17H19FN4O2/c1-17(2,3)13(22-16(23)24)7-10-9-21-15(14(10)18)11-5-4-6-20-12(11)8-19/h4-6,9,13,21-22H,7H2,1-3H3,(H,23,24). The number of H-pyrrole nitrogens is 1. The Morgan fingerprint density at radius 2 is 2.25 bits per heavy atom. The Morgan fingerprint density at radius 3 is 2.83 bits per heavy atom. The number of aromatic nitrogens is 2.